The molecule has 0 aliphatic heterocycles. The van der Waals surface area contributed by atoms with Gasteiger partial charge in [-0.25, -0.2) is 15.0 Å². The number of nitrogens with zero attached hydrogens (tertiary/aromatic N) is 4. The molecule has 34 heavy (non-hydrogen) atoms. The van der Waals surface area contributed by atoms with E-state index in [4.69, 9.17) is 17.3 Å². The summed E-state index contributed by atoms with van der Waals surface area (Å²) in [7, 11) is 0. The summed E-state index contributed by atoms with van der Waals surface area (Å²) in [6, 6.07) is 13.6. The van der Waals surface area contributed by atoms with Gasteiger partial charge in [0.05, 0.1) is 24.9 Å². The van der Waals surface area contributed by atoms with Crippen LogP contribution in [0.25, 0.3) is 32.2 Å². The molecule has 4 aromatic heterocycles. The van der Waals surface area contributed by atoms with Crippen molar-refractivity contribution in [1.82, 2.24) is 29.8 Å². The standard InChI is InChI=1S/C24H18ClN7OS/c25-17-6-15-8-18(9-27-24(33)14-1-2-19-13(5-14)3-4-34-19)31-20(15)16(7-17)10-32-12-30-21-22(26)28-11-29-23(21)32/h1-8,11-12,31H,9-10H2,(H,27,33)(H2,26,28,29). The van der Waals surface area contributed by atoms with Crippen molar-refractivity contribution >= 4 is 66.8 Å². The molecule has 0 spiro atoms. The first kappa shape index (κ1) is 20.6. The second-order valence-corrected chi connectivity index (χ2v) is 9.37. The number of hydrogen-bond donors (Lipinski definition) is 3. The van der Waals surface area contributed by atoms with Crippen molar-refractivity contribution in [2.75, 3.05) is 5.73 Å². The van der Waals surface area contributed by atoms with Gasteiger partial charge in [0.2, 0.25) is 0 Å². The summed E-state index contributed by atoms with van der Waals surface area (Å²) in [4.78, 5) is 28.8. The Labute approximate surface area is 202 Å². The van der Waals surface area contributed by atoms with E-state index in [1.165, 1.54) is 6.33 Å². The van der Waals surface area contributed by atoms with Gasteiger partial charge in [0.25, 0.3) is 5.91 Å². The largest absolute Gasteiger partial charge is 0.382 e. The second kappa shape index (κ2) is 8.12. The van der Waals surface area contributed by atoms with Crippen LogP contribution in [0, 0.1) is 0 Å². The Balaban J connectivity index is 1.26. The molecule has 0 unspecified atom stereocenters. The number of nitrogen functional groups attached to an aromatic ring is 1. The number of nitrogens with one attached hydrogen (secondary N) is 2. The summed E-state index contributed by atoms with van der Waals surface area (Å²) in [5.41, 5.74) is 10.6. The SMILES string of the molecule is Nc1ncnc2c1ncn2Cc1cc(Cl)cc2cc(CNC(=O)c3ccc4sccc4c3)[nH]c12. The summed E-state index contributed by atoms with van der Waals surface area (Å²) in [6.45, 7) is 0.862. The minimum Gasteiger partial charge on any atom is -0.382 e. The molecule has 0 saturated heterocycles. The second-order valence-electron chi connectivity index (χ2n) is 7.98. The number of halogens is 1. The topological polar surface area (TPSA) is 115 Å². The maximum absolute atomic E-state index is 12.7. The number of fused-ring (bicyclic) bond motifs is 3. The third kappa shape index (κ3) is 3.64. The van der Waals surface area contributed by atoms with E-state index in [2.05, 4.69) is 25.3 Å². The zero-order valence-corrected chi connectivity index (χ0v) is 19.3. The first-order chi connectivity index (χ1) is 16.5. The molecule has 6 rings (SSSR count). The zero-order chi connectivity index (χ0) is 23.2. The summed E-state index contributed by atoms with van der Waals surface area (Å²) in [5, 5.41) is 7.68. The highest BCUT2D eigenvalue weighted by molar-refractivity contribution is 7.17. The molecule has 1 amide bonds. The quantitative estimate of drug-likeness (QED) is 0.325. The van der Waals surface area contributed by atoms with Crippen molar-refractivity contribution in [1.29, 1.82) is 0 Å². The predicted octanol–water partition coefficient (Wildman–Crippen LogP) is 4.74. The number of H-pyrrole nitrogens is 1. The van der Waals surface area contributed by atoms with Crippen LogP contribution in [0.4, 0.5) is 5.82 Å². The van der Waals surface area contributed by atoms with Crippen molar-refractivity contribution in [3.05, 3.63) is 82.3 Å². The fourth-order valence-corrected chi connectivity index (χ4v) is 5.16. The molecular weight excluding hydrogens is 470 g/mol. The molecule has 4 N–H and O–H groups in total. The van der Waals surface area contributed by atoms with E-state index in [0.717, 1.165) is 32.2 Å². The van der Waals surface area contributed by atoms with Crippen LogP contribution < -0.4 is 11.1 Å². The number of aromatic amines is 1. The molecule has 10 heteroatoms. The Morgan fingerprint density at radius 3 is 2.94 bits per heavy atom. The third-order valence-corrected chi connectivity index (χ3v) is 6.87. The smallest absolute Gasteiger partial charge is 0.251 e. The number of hydrogen-bond acceptors (Lipinski definition) is 6. The van der Waals surface area contributed by atoms with Crippen molar-refractivity contribution < 1.29 is 4.79 Å². The van der Waals surface area contributed by atoms with Gasteiger partial charge in [0.15, 0.2) is 11.5 Å². The molecule has 4 heterocycles. The van der Waals surface area contributed by atoms with Crippen LogP contribution in [0.2, 0.25) is 5.02 Å². The molecule has 0 fully saturated rings. The number of nitrogens with two attached hydrogens (primary N) is 1. The lowest BCUT2D eigenvalue weighted by molar-refractivity contribution is 0.0950. The molecule has 2 aromatic carbocycles. The number of amides is 1. The van der Waals surface area contributed by atoms with Crippen LogP contribution in [0.1, 0.15) is 21.6 Å². The van der Waals surface area contributed by atoms with Gasteiger partial charge in [-0.3, -0.25) is 4.79 Å². The van der Waals surface area contributed by atoms with Crippen LogP contribution >= 0.6 is 22.9 Å². The predicted molar refractivity (Wildman–Crippen MR) is 135 cm³/mol. The van der Waals surface area contributed by atoms with Crippen LogP contribution in [0.5, 0.6) is 0 Å². The highest BCUT2D eigenvalue weighted by Crippen LogP contribution is 2.27. The van der Waals surface area contributed by atoms with Crippen molar-refractivity contribution in [2.45, 2.75) is 13.1 Å². The maximum atomic E-state index is 12.7. The minimum atomic E-state index is -0.118. The molecule has 0 aliphatic rings. The Hall–Kier alpha value is -3.95. The summed E-state index contributed by atoms with van der Waals surface area (Å²) in [5.74, 6) is 0.225. The zero-order valence-electron chi connectivity index (χ0n) is 17.7. The summed E-state index contributed by atoms with van der Waals surface area (Å²) >= 11 is 8.07. The third-order valence-electron chi connectivity index (χ3n) is 5.75. The first-order valence-corrected chi connectivity index (χ1v) is 11.8. The average molecular weight is 488 g/mol. The van der Waals surface area contributed by atoms with E-state index in [9.17, 15) is 4.79 Å². The van der Waals surface area contributed by atoms with E-state index < -0.39 is 0 Å². The Morgan fingerprint density at radius 1 is 1.12 bits per heavy atom. The molecule has 6 aromatic rings. The molecule has 168 valence electrons. The van der Waals surface area contributed by atoms with Crippen molar-refractivity contribution in [3.63, 3.8) is 0 Å². The molecule has 0 atom stereocenters. The fourth-order valence-electron chi connectivity index (χ4n) is 4.14. The number of aromatic nitrogens is 5. The van der Waals surface area contributed by atoms with E-state index in [1.807, 2.05) is 52.4 Å². The minimum absolute atomic E-state index is 0.118. The lowest BCUT2D eigenvalue weighted by Gasteiger charge is -2.07. The Morgan fingerprint density at radius 2 is 2.03 bits per heavy atom. The lowest BCUT2D eigenvalue weighted by atomic mass is 10.1. The number of rotatable bonds is 5. The number of benzene rings is 2. The summed E-state index contributed by atoms with van der Waals surface area (Å²) in [6.07, 6.45) is 3.12. The van der Waals surface area contributed by atoms with Gasteiger partial charge in [0.1, 0.15) is 11.8 Å². The van der Waals surface area contributed by atoms with Gasteiger partial charge < -0.3 is 20.6 Å². The molecule has 0 bridgehead atoms. The molecular formula is C24H18ClN7OS. The van der Waals surface area contributed by atoms with E-state index in [-0.39, 0.29) is 5.91 Å². The lowest BCUT2D eigenvalue weighted by Crippen LogP contribution is -2.22. The molecule has 0 aliphatic carbocycles. The van der Waals surface area contributed by atoms with E-state index in [1.54, 1.807) is 17.7 Å². The van der Waals surface area contributed by atoms with Crippen LogP contribution in [-0.4, -0.2) is 30.4 Å². The van der Waals surface area contributed by atoms with E-state index >= 15 is 0 Å². The van der Waals surface area contributed by atoms with Gasteiger partial charge in [-0.1, -0.05) is 11.6 Å². The molecule has 8 nitrogen and oxygen atoms in total. The average Bonchev–Trinajstić information content (AvgIpc) is 3.56. The van der Waals surface area contributed by atoms with Gasteiger partial charge in [0, 0.05) is 26.4 Å². The number of imidazole rings is 1. The Bertz CT molecular complexity index is 1700. The number of anilines is 1. The van der Waals surface area contributed by atoms with Gasteiger partial charge in [-0.05, 0) is 58.8 Å². The fraction of sp³-hybridized carbons (Fsp3) is 0.0833. The van der Waals surface area contributed by atoms with Gasteiger partial charge in [-0.2, -0.15) is 0 Å². The molecule has 0 radical (unpaired) electrons. The van der Waals surface area contributed by atoms with Crippen LogP contribution in [-0.2, 0) is 13.1 Å². The number of carbonyl (C=O) groups is 1. The highest BCUT2D eigenvalue weighted by atomic mass is 35.5. The van der Waals surface area contributed by atoms with Crippen LogP contribution in [0.3, 0.4) is 0 Å². The summed E-state index contributed by atoms with van der Waals surface area (Å²) < 4.78 is 3.07. The van der Waals surface area contributed by atoms with E-state index in [0.29, 0.717) is 40.7 Å². The highest BCUT2D eigenvalue weighted by Gasteiger charge is 2.13. The van der Waals surface area contributed by atoms with Crippen LogP contribution in [0.15, 0.2) is 60.5 Å². The maximum Gasteiger partial charge on any atom is 0.251 e. The number of carbonyl (C=O) groups excluding carboxylic acids is 1. The van der Waals surface area contributed by atoms with Crippen molar-refractivity contribution in [3.8, 4) is 0 Å². The molecule has 0 saturated carbocycles. The number of thiophene rings is 1. The van der Waals surface area contributed by atoms with Gasteiger partial charge in [-0.15, -0.1) is 11.3 Å². The van der Waals surface area contributed by atoms with Crippen molar-refractivity contribution in [2.24, 2.45) is 0 Å². The van der Waals surface area contributed by atoms with Gasteiger partial charge >= 0.3 is 0 Å². The normalized spacial score (nSPS) is 11.6. The first-order valence-electron chi connectivity index (χ1n) is 10.5. The monoisotopic (exact) mass is 487 g/mol. The Kier molecular flexibility index (Phi) is 4.93.